The maximum Gasteiger partial charge on any atom is 0.418 e. The van der Waals surface area contributed by atoms with E-state index in [0.717, 1.165) is 36.8 Å². The number of esters is 1. The summed E-state index contributed by atoms with van der Waals surface area (Å²) in [5.41, 5.74) is 5.80. The predicted molar refractivity (Wildman–Crippen MR) is 209 cm³/mol. The molecule has 4 amide bonds. The smallest absolute Gasteiger partial charge is 0.418 e. The molecule has 3 saturated heterocycles. The number of para-hydroxylation sites is 1. The van der Waals surface area contributed by atoms with Gasteiger partial charge in [0.1, 0.15) is 0 Å². The van der Waals surface area contributed by atoms with E-state index in [-0.39, 0.29) is 60.1 Å². The maximum atomic E-state index is 14.1. The van der Waals surface area contributed by atoms with Gasteiger partial charge in [-0.15, -0.1) is 0 Å². The van der Waals surface area contributed by atoms with E-state index in [0.29, 0.717) is 71.3 Å². The third kappa shape index (κ3) is 10.6. The molecule has 13 nitrogen and oxygen atoms in total. The van der Waals surface area contributed by atoms with Crippen molar-refractivity contribution in [3.05, 3.63) is 58.1 Å². The summed E-state index contributed by atoms with van der Waals surface area (Å²) < 4.78 is 53.1. The third-order valence-corrected chi connectivity index (χ3v) is 11.9. The SMILES string of the molecule is CN(C)CCCOC(=O)[C@@H]1CCN(C2CCN(C(=O)[C@@H](Cc3cc(Cl)c(N)c(C(F)(F)F)c3)OC(=O)N3CCC(N4CCc5ccccc5NC4=O)CC3)CC2)C1. The summed E-state index contributed by atoms with van der Waals surface area (Å²) in [6.45, 7) is 4.27. The van der Waals surface area contributed by atoms with Crippen molar-refractivity contribution in [1.82, 2.24) is 24.5 Å². The van der Waals surface area contributed by atoms with Crippen LogP contribution in [0.4, 0.5) is 34.1 Å². The molecule has 3 fully saturated rings. The van der Waals surface area contributed by atoms with E-state index in [2.05, 4.69) is 10.2 Å². The van der Waals surface area contributed by atoms with Crippen molar-refractivity contribution in [3.8, 4) is 0 Å². The Morgan fingerprint density at radius 3 is 2.35 bits per heavy atom. The molecule has 2 aromatic rings. The number of alkyl halides is 3. The van der Waals surface area contributed by atoms with Crippen molar-refractivity contribution in [2.24, 2.45) is 5.92 Å². The first-order valence-corrected chi connectivity index (χ1v) is 20.2. The van der Waals surface area contributed by atoms with Crippen molar-refractivity contribution in [3.63, 3.8) is 0 Å². The molecule has 3 N–H and O–H groups in total. The van der Waals surface area contributed by atoms with Crippen LogP contribution in [0.1, 0.15) is 55.2 Å². The summed E-state index contributed by atoms with van der Waals surface area (Å²) in [6, 6.07) is 9.57. The average molecular weight is 820 g/mol. The second kappa shape index (κ2) is 18.5. The Morgan fingerprint density at radius 1 is 0.965 bits per heavy atom. The maximum absolute atomic E-state index is 14.1. The standard InChI is InChI=1S/C40H53ClF3N7O6/c1-47(2)14-5-21-56-37(53)28-8-15-50(25-28)29-10-16-48(17-11-29)36(52)34(24-26-22-31(40(42,43)44)35(45)32(41)23-26)57-39(55)49-18-12-30(13-19-49)51-20-9-27-6-3-4-7-33(27)46-38(51)54/h3-4,6-7,22-23,28-30,34H,5,8-21,24-25,45H2,1-2H3,(H,46,54)/t28-,34-/m1/s1. The normalized spacial score (nSPS) is 20.6. The monoisotopic (exact) mass is 819 g/mol. The van der Waals surface area contributed by atoms with Crippen LogP contribution >= 0.6 is 11.6 Å². The highest BCUT2D eigenvalue weighted by atomic mass is 35.5. The molecule has 57 heavy (non-hydrogen) atoms. The van der Waals surface area contributed by atoms with E-state index in [4.69, 9.17) is 26.8 Å². The lowest BCUT2D eigenvalue weighted by Crippen LogP contribution is -2.52. The van der Waals surface area contributed by atoms with Gasteiger partial charge in [0.15, 0.2) is 6.10 Å². The molecule has 0 aliphatic carbocycles. The number of amides is 4. The molecule has 0 spiro atoms. The number of hydrogen-bond donors (Lipinski definition) is 2. The summed E-state index contributed by atoms with van der Waals surface area (Å²) in [4.78, 5) is 62.8. The molecule has 0 aromatic heterocycles. The number of nitrogen functional groups attached to an aromatic ring is 1. The second-order valence-electron chi connectivity index (χ2n) is 15.7. The van der Waals surface area contributed by atoms with Crippen molar-refractivity contribution in [2.75, 3.05) is 84.1 Å². The van der Waals surface area contributed by atoms with Crippen LogP contribution in [0.25, 0.3) is 0 Å². The van der Waals surface area contributed by atoms with Gasteiger partial charge in [-0.1, -0.05) is 29.8 Å². The summed E-state index contributed by atoms with van der Waals surface area (Å²) in [5.74, 6) is -0.905. The minimum Gasteiger partial charge on any atom is -0.465 e. The zero-order valence-electron chi connectivity index (χ0n) is 32.6. The largest absolute Gasteiger partial charge is 0.465 e. The Morgan fingerprint density at radius 2 is 1.65 bits per heavy atom. The van der Waals surface area contributed by atoms with E-state index in [1.807, 2.05) is 43.3 Å². The highest BCUT2D eigenvalue weighted by molar-refractivity contribution is 6.33. The van der Waals surface area contributed by atoms with E-state index in [1.54, 1.807) is 9.80 Å². The number of nitrogens with zero attached hydrogens (tertiary/aromatic N) is 5. The quantitative estimate of drug-likeness (QED) is 0.175. The number of ether oxygens (including phenoxy) is 2. The number of carbonyl (C=O) groups is 4. The Kier molecular flexibility index (Phi) is 13.8. The van der Waals surface area contributed by atoms with E-state index in [9.17, 15) is 32.3 Å². The van der Waals surface area contributed by atoms with Gasteiger partial charge in [0.05, 0.1) is 28.8 Å². The van der Waals surface area contributed by atoms with Crippen LogP contribution in [0.3, 0.4) is 0 Å². The van der Waals surface area contributed by atoms with Crippen molar-refractivity contribution < 1.29 is 41.8 Å². The van der Waals surface area contributed by atoms with Crippen LogP contribution in [-0.4, -0.2) is 140 Å². The van der Waals surface area contributed by atoms with Gasteiger partial charge in [-0.25, -0.2) is 9.59 Å². The fourth-order valence-corrected chi connectivity index (χ4v) is 8.59. The van der Waals surface area contributed by atoms with Gasteiger partial charge in [0, 0.05) is 70.0 Å². The van der Waals surface area contributed by atoms with Crippen molar-refractivity contribution in [2.45, 2.75) is 75.7 Å². The molecule has 4 aliphatic rings. The first-order valence-electron chi connectivity index (χ1n) is 19.8. The number of rotatable bonds is 11. The van der Waals surface area contributed by atoms with Gasteiger partial charge in [0.25, 0.3) is 5.91 Å². The van der Waals surface area contributed by atoms with Crippen LogP contribution in [0.5, 0.6) is 0 Å². The van der Waals surface area contributed by atoms with Crippen molar-refractivity contribution in [1.29, 1.82) is 0 Å². The number of piperidine rings is 2. The van der Waals surface area contributed by atoms with Gasteiger partial charge in [0.2, 0.25) is 0 Å². The fraction of sp³-hybridized carbons (Fsp3) is 0.600. The predicted octanol–water partition coefficient (Wildman–Crippen LogP) is 5.35. The van der Waals surface area contributed by atoms with E-state index in [1.165, 1.54) is 11.0 Å². The van der Waals surface area contributed by atoms with Crippen LogP contribution in [-0.2, 0) is 38.1 Å². The topological polar surface area (TPSA) is 141 Å². The summed E-state index contributed by atoms with van der Waals surface area (Å²) >= 11 is 6.14. The Balaban J connectivity index is 1.07. The molecule has 312 valence electrons. The lowest BCUT2D eigenvalue weighted by Gasteiger charge is -2.39. The summed E-state index contributed by atoms with van der Waals surface area (Å²) in [7, 11) is 3.94. The van der Waals surface area contributed by atoms with Crippen LogP contribution in [0, 0.1) is 5.92 Å². The minimum absolute atomic E-state index is 0.0474. The first-order chi connectivity index (χ1) is 27.2. The number of anilines is 2. The number of hydrogen-bond acceptors (Lipinski definition) is 9. The second-order valence-corrected chi connectivity index (χ2v) is 16.1. The molecule has 2 atom stereocenters. The van der Waals surface area contributed by atoms with Crippen LogP contribution < -0.4 is 11.1 Å². The number of carbonyl (C=O) groups excluding carboxylic acids is 4. The molecule has 0 radical (unpaired) electrons. The van der Waals surface area contributed by atoms with Gasteiger partial charge in [-0.2, -0.15) is 13.2 Å². The number of benzene rings is 2. The number of urea groups is 1. The molecule has 0 saturated carbocycles. The lowest BCUT2D eigenvalue weighted by molar-refractivity contribution is -0.148. The van der Waals surface area contributed by atoms with Gasteiger partial charge >= 0.3 is 24.3 Å². The lowest BCUT2D eigenvalue weighted by atomic mass is 10.00. The van der Waals surface area contributed by atoms with Gasteiger partial charge < -0.3 is 40.1 Å². The first kappa shape index (κ1) is 42.3. The average Bonchev–Trinajstić information content (AvgIpc) is 3.62. The Labute approximate surface area is 336 Å². The molecule has 17 heteroatoms. The minimum atomic E-state index is -4.80. The number of nitrogens with two attached hydrogens (primary N) is 1. The van der Waals surface area contributed by atoms with Gasteiger partial charge in [-0.05, 0) is 94.9 Å². The zero-order chi connectivity index (χ0) is 40.9. The molecule has 0 bridgehead atoms. The molecular weight excluding hydrogens is 767 g/mol. The molecule has 2 aromatic carbocycles. The van der Waals surface area contributed by atoms with E-state index >= 15 is 0 Å². The Bertz CT molecular complexity index is 1770. The van der Waals surface area contributed by atoms with Gasteiger partial charge in [-0.3, -0.25) is 14.5 Å². The number of halogens is 4. The fourth-order valence-electron chi connectivity index (χ4n) is 8.35. The number of fused-ring (bicyclic) bond motifs is 1. The van der Waals surface area contributed by atoms with Crippen molar-refractivity contribution >= 4 is 47.0 Å². The molecule has 0 unspecified atom stereocenters. The Hall–Kier alpha value is -4.28. The van der Waals surface area contributed by atoms with Crippen LogP contribution in [0.15, 0.2) is 36.4 Å². The third-order valence-electron chi connectivity index (χ3n) is 11.6. The highest BCUT2D eigenvalue weighted by Crippen LogP contribution is 2.38. The van der Waals surface area contributed by atoms with Crippen LogP contribution in [0.2, 0.25) is 5.02 Å². The highest BCUT2D eigenvalue weighted by Gasteiger charge is 2.40. The molecular formula is C40H53ClF3N7O6. The molecule has 4 heterocycles. The number of nitrogens with one attached hydrogen (secondary N) is 1. The number of likely N-dealkylation sites (tertiary alicyclic amines) is 3. The summed E-state index contributed by atoms with van der Waals surface area (Å²) in [6.07, 6.45) is -2.97. The summed E-state index contributed by atoms with van der Waals surface area (Å²) in [5, 5.41) is 2.67. The van der Waals surface area contributed by atoms with E-state index < -0.39 is 35.5 Å². The zero-order valence-corrected chi connectivity index (χ0v) is 33.3. The molecule has 6 rings (SSSR count). The molecule has 4 aliphatic heterocycles.